The van der Waals surface area contributed by atoms with E-state index in [0.29, 0.717) is 5.12 Å². The molecule has 5 heteroatoms. The lowest BCUT2D eigenvalue weighted by molar-refractivity contribution is 0.108. The molecule has 0 aliphatic carbocycles. The predicted molar refractivity (Wildman–Crippen MR) is 103 cm³/mol. The summed E-state index contributed by atoms with van der Waals surface area (Å²) in [6.45, 7) is 4.02. The van der Waals surface area contributed by atoms with Crippen molar-refractivity contribution in [2.75, 3.05) is 44.7 Å². The highest BCUT2D eigenvalue weighted by Gasteiger charge is 2.32. The van der Waals surface area contributed by atoms with Crippen molar-refractivity contribution < 1.29 is 4.79 Å². The predicted octanol–water partition coefficient (Wildman–Crippen LogP) is 2.25. The second-order valence-electron chi connectivity index (χ2n) is 6.64. The van der Waals surface area contributed by atoms with Gasteiger partial charge in [-0.05, 0) is 37.2 Å². The number of hydrogen-bond acceptors (Lipinski definition) is 3. The minimum Gasteiger partial charge on any atom is -0.361 e. The van der Waals surface area contributed by atoms with Crippen LogP contribution in [0, 0.1) is 0 Å². The molecule has 1 saturated heterocycles. The second kappa shape index (κ2) is 6.75. The van der Waals surface area contributed by atoms with Gasteiger partial charge >= 0.3 is 5.12 Å². The van der Waals surface area contributed by atoms with Gasteiger partial charge < -0.3 is 15.2 Å². The Labute approximate surface area is 145 Å². The van der Waals surface area contributed by atoms with Crippen molar-refractivity contribution in [2.45, 2.75) is 6.42 Å². The Hall–Kier alpha value is -1.56. The van der Waals surface area contributed by atoms with Gasteiger partial charge in [-0.15, -0.1) is 0 Å². The average molecular weight is 342 g/mol. The first-order valence-electron chi connectivity index (χ1n) is 8.64. The third kappa shape index (κ3) is 3.04. The van der Waals surface area contributed by atoms with Gasteiger partial charge in [0.05, 0.1) is 16.5 Å². The van der Waals surface area contributed by atoms with Gasteiger partial charge in [-0.3, -0.25) is 0 Å². The summed E-state index contributed by atoms with van der Waals surface area (Å²) in [5.74, 6) is 1.96. The fraction of sp³-hybridized carbons (Fsp3) is 0.421. The van der Waals surface area contributed by atoms with Crippen LogP contribution < -0.4 is 5.32 Å². The molecule has 0 bridgehead atoms. The van der Waals surface area contributed by atoms with E-state index in [1.54, 1.807) is 0 Å². The van der Waals surface area contributed by atoms with E-state index in [-0.39, 0.29) is 10.9 Å². The van der Waals surface area contributed by atoms with Crippen LogP contribution in [0.5, 0.6) is 0 Å². The molecule has 0 radical (unpaired) electrons. The number of hydrogen-bond donors (Lipinski definition) is 2. The number of aromatic amines is 1. The van der Waals surface area contributed by atoms with Crippen LogP contribution in [-0.2, 0) is 10.9 Å². The van der Waals surface area contributed by atoms with Gasteiger partial charge in [0, 0.05) is 48.8 Å². The zero-order chi connectivity index (χ0) is 16.5. The molecule has 2 N–H and O–H groups in total. The molecule has 4 rings (SSSR count). The number of nitrogens with one attached hydrogen (secondary N) is 2. The molecule has 126 valence electrons. The lowest BCUT2D eigenvalue weighted by Crippen LogP contribution is -2.39. The Morgan fingerprint density at radius 2 is 2.08 bits per heavy atom. The summed E-state index contributed by atoms with van der Waals surface area (Å²) < 4.78 is 0. The van der Waals surface area contributed by atoms with E-state index in [1.807, 2.05) is 6.07 Å². The summed E-state index contributed by atoms with van der Waals surface area (Å²) in [5, 5.41) is 4.87. The largest absolute Gasteiger partial charge is 0.362 e. The lowest BCUT2D eigenvalue weighted by atomic mass is 9.98. The molecule has 1 fully saturated rings. The van der Waals surface area contributed by atoms with Gasteiger partial charge in [0.25, 0.3) is 0 Å². The molecule has 0 spiro atoms. The van der Waals surface area contributed by atoms with E-state index in [9.17, 15) is 4.79 Å². The van der Waals surface area contributed by atoms with Crippen LogP contribution in [0.4, 0.5) is 0 Å². The summed E-state index contributed by atoms with van der Waals surface area (Å²) >= 11 is 0. The van der Waals surface area contributed by atoms with Crippen molar-refractivity contribution in [3.05, 3.63) is 41.6 Å². The summed E-state index contributed by atoms with van der Waals surface area (Å²) in [5.41, 5.74) is 4.66. The maximum absolute atomic E-state index is 12.8. The normalized spacial score (nSPS) is 20.3. The lowest BCUT2D eigenvalue weighted by Gasteiger charge is -2.21. The van der Waals surface area contributed by atoms with Crippen LogP contribution in [0.1, 0.15) is 22.3 Å². The standard InChI is InChI=1S/C19H23N3OS/c1-22-8-4-14(5-9-22)17-13-21-18-3-2-15(12-16(17)18)19(23)24-10-6-20-7-11-24/h2-4,12-13,20H,5-11H2,1H3/p+1. The van der Waals surface area contributed by atoms with Crippen molar-refractivity contribution in [3.63, 3.8) is 0 Å². The van der Waals surface area contributed by atoms with Crippen LogP contribution in [0.2, 0.25) is 0 Å². The third-order valence-corrected chi connectivity index (χ3v) is 7.14. The van der Waals surface area contributed by atoms with Crippen LogP contribution in [-0.4, -0.2) is 59.7 Å². The molecule has 0 unspecified atom stereocenters. The fourth-order valence-corrected chi connectivity index (χ4v) is 5.32. The van der Waals surface area contributed by atoms with Crippen LogP contribution in [0.25, 0.3) is 16.5 Å². The number of aromatic nitrogens is 1. The minimum absolute atomic E-state index is 0.120. The van der Waals surface area contributed by atoms with Gasteiger partial charge in [-0.25, -0.2) is 4.79 Å². The maximum Gasteiger partial charge on any atom is 0.362 e. The monoisotopic (exact) mass is 342 g/mol. The average Bonchev–Trinajstić information content (AvgIpc) is 3.05. The van der Waals surface area contributed by atoms with Crippen molar-refractivity contribution in [1.82, 2.24) is 15.2 Å². The maximum atomic E-state index is 12.8. The third-order valence-electron chi connectivity index (χ3n) is 4.99. The molecule has 4 nitrogen and oxygen atoms in total. The Morgan fingerprint density at radius 1 is 1.25 bits per heavy atom. The molecule has 0 amide bonds. The first-order chi connectivity index (χ1) is 11.7. The van der Waals surface area contributed by atoms with E-state index in [2.05, 4.69) is 46.7 Å². The number of carbonyl (C=O) groups is 1. The van der Waals surface area contributed by atoms with E-state index in [4.69, 9.17) is 0 Å². The molecule has 1 aromatic carbocycles. The molecule has 2 aliphatic heterocycles. The first-order valence-corrected chi connectivity index (χ1v) is 10.2. The Kier molecular flexibility index (Phi) is 4.48. The number of rotatable bonds is 2. The summed E-state index contributed by atoms with van der Waals surface area (Å²) in [6.07, 6.45) is 5.48. The smallest absolute Gasteiger partial charge is 0.361 e. The van der Waals surface area contributed by atoms with E-state index in [0.717, 1.165) is 55.2 Å². The number of carbonyl (C=O) groups excluding carboxylic acids is 1. The Morgan fingerprint density at radius 3 is 2.83 bits per heavy atom. The molecular weight excluding hydrogens is 318 g/mol. The van der Waals surface area contributed by atoms with Crippen molar-refractivity contribution in [2.24, 2.45) is 0 Å². The van der Waals surface area contributed by atoms with E-state index in [1.165, 1.54) is 16.5 Å². The Bertz CT molecular complexity index is 789. The molecule has 2 aliphatic rings. The van der Waals surface area contributed by atoms with Crippen LogP contribution in [0.15, 0.2) is 30.5 Å². The van der Waals surface area contributed by atoms with Gasteiger partial charge in [-0.1, -0.05) is 6.08 Å². The van der Waals surface area contributed by atoms with Gasteiger partial charge in [0.15, 0.2) is 0 Å². The zero-order valence-electron chi connectivity index (χ0n) is 14.1. The van der Waals surface area contributed by atoms with Crippen molar-refractivity contribution in [3.8, 4) is 0 Å². The number of likely N-dealkylation sites (N-methyl/N-ethyl adjacent to an activating group) is 1. The van der Waals surface area contributed by atoms with Gasteiger partial charge in [0.1, 0.15) is 11.5 Å². The highest BCUT2D eigenvalue weighted by molar-refractivity contribution is 8.11. The fourth-order valence-electron chi connectivity index (χ4n) is 3.50. The highest BCUT2D eigenvalue weighted by Crippen LogP contribution is 2.30. The topological polar surface area (TPSA) is 48.1 Å². The number of benzene rings is 1. The molecule has 24 heavy (non-hydrogen) atoms. The van der Waals surface area contributed by atoms with Gasteiger partial charge in [0.2, 0.25) is 0 Å². The molecule has 1 aromatic heterocycles. The summed E-state index contributed by atoms with van der Waals surface area (Å²) in [6, 6.07) is 6.16. The summed E-state index contributed by atoms with van der Waals surface area (Å²) in [7, 11) is 2.03. The molecule has 0 atom stereocenters. The molecule has 2 aromatic rings. The summed E-state index contributed by atoms with van der Waals surface area (Å²) in [4.78, 5) is 18.5. The van der Waals surface area contributed by atoms with E-state index >= 15 is 0 Å². The highest BCUT2D eigenvalue weighted by atomic mass is 32.2. The Balaban J connectivity index is 1.67. The quantitative estimate of drug-likeness (QED) is 0.823. The van der Waals surface area contributed by atoms with Gasteiger partial charge in [-0.2, -0.15) is 0 Å². The van der Waals surface area contributed by atoms with Crippen LogP contribution in [0.3, 0.4) is 0 Å². The molecule has 0 saturated carbocycles. The minimum atomic E-state index is -0.120. The first kappa shape index (κ1) is 15.9. The SMILES string of the molecule is CN1CC=C(c2c[nH]c3ccc(C(=O)[S+]4CCNCC4)cc23)CC1. The number of nitrogens with zero attached hydrogens (tertiary/aromatic N) is 1. The number of H-pyrrole nitrogens is 1. The second-order valence-corrected chi connectivity index (χ2v) is 8.82. The molecular formula is C19H24N3OS+. The van der Waals surface area contributed by atoms with Crippen LogP contribution >= 0.6 is 0 Å². The molecule has 3 heterocycles. The van der Waals surface area contributed by atoms with Crippen molar-refractivity contribution >= 4 is 32.5 Å². The zero-order valence-corrected chi connectivity index (χ0v) is 14.9. The van der Waals surface area contributed by atoms with Crippen molar-refractivity contribution in [1.29, 1.82) is 0 Å². The number of fused-ring (bicyclic) bond motifs is 1. The van der Waals surface area contributed by atoms with E-state index < -0.39 is 0 Å².